The van der Waals surface area contributed by atoms with Crippen LogP contribution in [0.1, 0.15) is 42.1 Å². The van der Waals surface area contributed by atoms with Crippen molar-refractivity contribution in [2.75, 3.05) is 13.1 Å². The molecule has 136 valence electrons. The van der Waals surface area contributed by atoms with Gasteiger partial charge >= 0.3 is 0 Å². The Morgan fingerprint density at radius 3 is 3.04 bits per heavy atom. The van der Waals surface area contributed by atoms with Crippen LogP contribution in [0.4, 0.5) is 0 Å². The number of para-hydroxylation sites is 1. The molecule has 6 heteroatoms. The lowest BCUT2D eigenvalue weighted by molar-refractivity contribution is -0.132. The summed E-state index contributed by atoms with van der Waals surface area (Å²) in [5.41, 5.74) is 4.43. The maximum Gasteiger partial charge on any atom is 0.222 e. The largest absolute Gasteiger partial charge is 0.342 e. The van der Waals surface area contributed by atoms with Crippen LogP contribution < -0.4 is 0 Å². The van der Waals surface area contributed by atoms with Crippen LogP contribution in [0.3, 0.4) is 0 Å². The van der Waals surface area contributed by atoms with Gasteiger partial charge in [-0.15, -0.1) is 0 Å². The van der Waals surface area contributed by atoms with E-state index in [2.05, 4.69) is 35.2 Å². The van der Waals surface area contributed by atoms with Gasteiger partial charge in [0.2, 0.25) is 5.91 Å². The first-order chi connectivity index (χ1) is 12.6. The van der Waals surface area contributed by atoms with Crippen molar-refractivity contribution in [3.63, 3.8) is 0 Å². The topological polar surface area (TPSA) is 66.8 Å². The summed E-state index contributed by atoms with van der Waals surface area (Å²) < 4.78 is 1.78. The van der Waals surface area contributed by atoms with E-state index in [1.807, 2.05) is 24.3 Å². The van der Waals surface area contributed by atoms with Crippen LogP contribution in [-0.4, -0.2) is 43.6 Å². The second kappa shape index (κ2) is 6.94. The number of amides is 1. The lowest BCUT2D eigenvalue weighted by atomic mass is 9.97. The van der Waals surface area contributed by atoms with Crippen LogP contribution in [0.25, 0.3) is 11.0 Å². The summed E-state index contributed by atoms with van der Waals surface area (Å²) in [6.45, 7) is 3.69. The van der Waals surface area contributed by atoms with Crippen LogP contribution >= 0.6 is 0 Å². The minimum Gasteiger partial charge on any atom is -0.342 e. The summed E-state index contributed by atoms with van der Waals surface area (Å²) in [6.07, 6.45) is 7.20. The smallest absolute Gasteiger partial charge is 0.222 e. The zero-order chi connectivity index (χ0) is 18.1. The Morgan fingerprint density at radius 2 is 2.27 bits per heavy atom. The molecule has 0 aliphatic carbocycles. The second-order valence-corrected chi connectivity index (χ2v) is 7.29. The standard InChI is InChI=1S/C20H25N5O/c1-14-5-3-7-17-19(14)23-20(22-17)16-6-4-10-25(13-16)18(26)9-8-15-11-21-24(2)12-15/h3,5,7,11-12,16H,4,6,8-10,13H2,1-2H3,(H,22,23)/t16-/m0/s1. The number of rotatable bonds is 4. The fourth-order valence-electron chi connectivity index (χ4n) is 3.83. The van der Waals surface area contributed by atoms with Crippen molar-refractivity contribution in [2.45, 2.75) is 38.5 Å². The van der Waals surface area contributed by atoms with E-state index in [4.69, 9.17) is 4.98 Å². The molecule has 26 heavy (non-hydrogen) atoms. The molecule has 1 amide bonds. The lowest BCUT2D eigenvalue weighted by Gasteiger charge is -2.32. The third-order valence-corrected chi connectivity index (χ3v) is 5.28. The number of imidazole rings is 1. The van der Waals surface area contributed by atoms with Gasteiger partial charge in [-0.05, 0) is 43.4 Å². The predicted octanol–water partition coefficient (Wildman–Crippen LogP) is 2.94. The van der Waals surface area contributed by atoms with Crippen LogP contribution in [0, 0.1) is 6.92 Å². The number of likely N-dealkylation sites (tertiary alicyclic amines) is 1. The molecule has 1 aromatic carbocycles. The van der Waals surface area contributed by atoms with E-state index < -0.39 is 0 Å². The van der Waals surface area contributed by atoms with E-state index in [9.17, 15) is 4.79 Å². The fourth-order valence-corrected chi connectivity index (χ4v) is 3.83. The maximum atomic E-state index is 12.6. The Bertz CT molecular complexity index is 925. The molecule has 0 radical (unpaired) electrons. The van der Waals surface area contributed by atoms with Crippen molar-refractivity contribution in [2.24, 2.45) is 7.05 Å². The summed E-state index contributed by atoms with van der Waals surface area (Å²) in [4.78, 5) is 22.9. The normalized spacial score (nSPS) is 17.8. The molecule has 4 rings (SSSR count). The van der Waals surface area contributed by atoms with Crippen LogP contribution in [0.15, 0.2) is 30.6 Å². The number of benzene rings is 1. The van der Waals surface area contributed by atoms with Crippen molar-refractivity contribution >= 4 is 16.9 Å². The van der Waals surface area contributed by atoms with Crippen LogP contribution in [-0.2, 0) is 18.3 Å². The average Bonchev–Trinajstić information content (AvgIpc) is 3.27. The van der Waals surface area contributed by atoms with Crippen LogP contribution in [0.5, 0.6) is 0 Å². The molecular formula is C20H25N5O. The molecule has 3 heterocycles. The van der Waals surface area contributed by atoms with Gasteiger partial charge in [0.05, 0.1) is 17.2 Å². The third-order valence-electron chi connectivity index (χ3n) is 5.28. The third kappa shape index (κ3) is 3.36. The molecule has 0 saturated carbocycles. The van der Waals surface area contributed by atoms with Gasteiger partial charge in [0.25, 0.3) is 0 Å². The van der Waals surface area contributed by atoms with E-state index in [1.165, 1.54) is 5.56 Å². The molecule has 1 atom stereocenters. The van der Waals surface area contributed by atoms with Crippen molar-refractivity contribution in [1.82, 2.24) is 24.6 Å². The fraction of sp³-hybridized carbons (Fsp3) is 0.450. The lowest BCUT2D eigenvalue weighted by Crippen LogP contribution is -2.39. The Hall–Kier alpha value is -2.63. The highest BCUT2D eigenvalue weighted by atomic mass is 16.2. The Labute approximate surface area is 153 Å². The highest BCUT2D eigenvalue weighted by molar-refractivity contribution is 5.79. The van der Waals surface area contributed by atoms with Gasteiger partial charge in [-0.3, -0.25) is 9.48 Å². The summed E-state index contributed by atoms with van der Waals surface area (Å²) in [7, 11) is 1.90. The zero-order valence-electron chi connectivity index (χ0n) is 15.4. The molecule has 1 aliphatic rings. The number of carbonyl (C=O) groups excluding carboxylic acids is 1. The van der Waals surface area contributed by atoms with Gasteiger partial charge in [-0.1, -0.05) is 12.1 Å². The van der Waals surface area contributed by atoms with Gasteiger partial charge in [-0.2, -0.15) is 5.10 Å². The second-order valence-electron chi connectivity index (χ2n) is 7.29. The van der Waals surface area contributed by atoms with Crippen molar-refractivity contribution in [1.29, 1.82) is 0 Å². The highest BCUT2D eigenvalue weighted by Gasteiger charge is 2.26. The highest BCUT2D eigenvalue weighted by Crippen LogP contribution is 2.28. The summed E-state index contributed by atoms with van der Waals surface area (Å²) >= 11 is 0. The number of aromatic nitrogens is 4. The zero-order valence-corrected chi connectivity index (χ0v) is 15.4. The molecule has 0 unspecified atom stereocenters. The van der Waals surface area contributed by atoms with E-state index in [1.54, 1.807) is 4.68 Å². The number of H-pyrrole nitrogens is 1. The molecule has 0 bridgehead atoms. The van der Waals surface area contributed by atoms with Crippen LogP contribution in [0.2, 0.25) is 0 Å². The van der Waals surface area contributed by atoms with Gasteiger partial charge in [0, 0.05) is 38.7 Å². The first-order valence-electron chi connectivity index (χ1n) is 9.30. The summed E-state index contributed by atoms with van der Waals surface area (Å²) in [5.74, 6) is 1.53. The molecule has 0 spiro atoms. The number of aryl methyl sites for hydroxylation is 3. The number of nitrogens with zero attached hydrogens (tertiary/aromatic N) is 4. The molecule has 1 saturated heterocycles. The molecule has 2 aromatic heterocycles. The van der Waals surface area contributed by atoms with Gasteiger partial charge in [0.1, 0.15) is 5.82 Å². The Morgan fingerprint density at radius 1 is 1.38 bits per heavy atom. The quantitative estimate of drug-likeness (QED) is 0.786. The van der Waals surface area contributed by atoms with Gasteiger partial charge < -0.3 is 9.88 Å². The van der Waals surface area contributed by atoms with Crippen molar-refractivity contribution in [3.8, 4) is 0 Å². The average molecular weight is 351 g/mol. The van der Waals surface area contributed by atoms with Crippen molar-refractivity contribution in [3.05, 3.63) is 47.5 Å². The molecule has 1 N–H and O–H groups in total. The number of nitrogens with one attached hydrogen (secondary N) is 1. The maximum absolute atomic E-state index is 12.6. The summed E-state index contributed by atoms with van der Waals surface area (Å²) in [5, 5.41) is 4.17. The van der Waals surface area contributed by atoms with E-state index >= 15 is 0 Å². The first kappa shape index (κ1) is 16.8. The number of fused-ring (bicyclic) bond motifs is 1. The first-order valence-corrected chi connectivity index (χ1v) is 9.30. The SMILES string of the molecule is Cc1cccc2[nH]c([C@H]3CCCN(C(=O)CCc4cnn(C)c4)C3)nc12. The number of carbonyl (C=O) groups is 1. The van der Waals surface area contributed by atoms with E-state index in [0.29, 0.717) is 6.42 Å². The van der Waals surface area contributed by atoms with Gasteiger partial charge in [-0.25, -0.2) is 4.98 Å². The molecule has 1 fully saturated rings. The predicted molar refractivity (Wildman–Crippen MR) is 101 cm³/mol. The molecule has 3 aromatic rings. The van der Waals surface area contributed by atoms with Crippen molar-refractivity contribution < 1.29 is 4.79 Å². The monoisotopic (exact) mass is 351 g/mol. The minimum absolute atomic E-state index is 0.228. The number of hydrogen-bond donors (Lipinski definition) is 1. The number of hydrogen-bond acceptors (Lipinski definition) is 3. The summed E-state index contributed by atoms with van der Waals surface area (Å²) in [6, 6.07) is 6.20. The molecular weight excluding hydrogens is 326 g/mol. The van der Waals surface area contributed by atoms with E-state index in [-0.39, 0.29) is 11.8 Å². The van der Waals surface area contributed by atoms with E-state index in [0.717, 1.165) is 54.8 Å². The Kier molecular flexibility index (Phi) is 4.49. The number of aromatic amines is 1. The molecule has 6 nitrogen and oxygen atoms in total. The number of piperidine rings is 1. The minimum atomic E-state index is 0.228. The van der Waals surface area contributed by atoms with Gasteiger partial charge in [0.15, 0.2) is 0 Å². The molecule has 1 aliphatic heterocycles. The Balaban J connectivity index is 1.42.